The van der Waals surface area contributed by atoms with E-state index >= 15 is 0 Å². The number of ether oxygens (including phenoxy) is 1. The molecule has 0 bridgehead atoms. The molecule has 1 N–H and O–H groups in total. The summed E-state index contributed by atoms with van der Waals surface area (Å²) in [6.07, 6.45) is 1.06. The van der Waals surface area contributed by atoms with Crippen molar-refractivity contribution in [3.05, 3.63) is 83.4 Å². The van der Waals surface area contributed by atoms with Gasteiger partial charge in [0.25, 0.3) is 0 Å². The van der Waals surface area contributed by atoms with Gasteiger partial charge in [-0.05, 0) is 67.9 Å². The first-order valence-corrected chi connectivity index (χ1v) is 11.8. The Balaban J connectivity index is 1.80. The van der Waals surface area contributed by atoms with Crippen molar-refractivity contribution in [2.45, 2.75) is 19.9 Å². The maximum atomic E-state index is 12.8. The zero-order valence-corrected chi connectivity index (χ0v) is 18.9. The molecule has 1 amide bonds. The first-order chi connectivity index (χ1) is 14.6. The number of carbonyl (C=O) groups excluding carboxylic acids is 1. The standard InChI is InChI=1S/C23H23ClN2O4S/c1-16-9-10-18(15-22(16)24)25-23(27)17(2)26(31(3,28)29)19-11-13-21(14-12-19)30-20-7-5-4-6-8-20/h4-15,17H,1-3H3,(H,25,27). The molecule has 0 fully saturated rings. The number of benzene rings is 3. The zero-order chi connectivity index (χ0) is 22.6. The largest absolute Gasteiger partial charge is 0.457 e. The van der Waals surface area contributed by atoms with Gasteiger partial charge in [0.05, 0.1) is 11.9 Å². The van der Waals surface area contributed by atoms with Crippen LogP contribution in [0.5, 0.6) is 11.5 Å². The van der Waals surface area contributed by atoms with Crippen LogP contribution in [0.25, 0.3) is 0 Å². The highest BCUT2D eigenvalue weighted by Gasteiger charge is 2.29. The molecule has 0 aliphatic carbocycles. The van der Waals surface area contributed by atoms with E-state index < -0.39 is 22.0 Å². The lowest BCUT2D eigenvalue weighted by Gasteiger charge is -2.28. The summed E-state index contributed by atoms with van der Waals surface area (Å²) in [4.78, 5) is 12.8. The Labute approximate surface area is 187 Å². The third-order valence-electron chi connectivity index (χ3n) is 4.60. The van der Waals surface area contributed by atoms with E-state index in [2.05, 4.69) is 5.32 Å². The summed E-state index contributed by atoms with van der Waals surface area (Å²) < 4.78 is 31.8. The Morgan fingerprint density at radius 3 is 2.19 bits per heavy atom. The monoisotopic (exact) mass is 458 g/mol. The first-order valence-electron chi connectivity index (χ1n) is 9.54. The number of para-hydroxylation sites is 1. The highest BCUT2D eigenvalue weighted by atomic mass is 35.5. The molecular weight excluding hydrogens is 436 g/mol. The minimum atomic E-state index is -3.74. The van der Waals surface area contributed by atoms with Gasteiger partial charge in [-0.1, -0.05) is 35.9 Å². The van der Waals surface area contributed by atoms with Crippen LogP contribution in [0.2, 0.25) is 5.02 Å². The molecule has 0 saturated heterocycles. The number of hydrogen-bond acceptors (Lipinski definition) is 4. The lowest BCUT2D eigenvalue weighted by atomic mass is 10.2. The second-order valence-corrected chi connectivity index (χ2v) is 9.36. The summed E-state index contributed by atoms with van der Waals surface area (Å²) in [5.74, 6) is 0.740. The van der Waals surface area contributed by atoms with E-state index in [1.54, 1.807) is 42.5 Å². The number of anilines is 2. The van der Waals surface area contributed by atoms with Gasteiger partial charge in [-0.3, -0.25) is 9.10 Å². The predicted octanol–water partition coefficient (Wildman–Crippen LogP) is 5.23. The number of hydrogen-bond donors (Lipinski definition) is 1. The Bertz CT molecular complexity index is 1170. The fraction of sp³-hybridized carbons (Fsp3) is 0.174. The van der Waals surface area contributed by atoms with Gasteiger partial charge in [0.15, 0.2) is 0 Å². The molecule has 0 aliphatic rings. The molecule has 31 heavy (non-hydrogen) atoms. The molecular formula is C23H23ClN2O4S. The van der Waals surface area contributed by atoms with E-state index in [1.807, 2.05) is 37.3 Å². The number of nitrogens with one attached hydrogen (secondary N) is 1. The third kappa shape index (κ3) is 5.77. The quantitative estimate of drug-likeness (QED) is 0.525. The van der Waals surface area contributed by atoms with Crippen molar-refractivity contribution in [1.82, 2.24) is 0 Å². The molecule has 3 aromatic rings. The number of carbonyl (C=O) groups is 1. The topological polar surface area (TPSA) is 75.7 Å². The van der Waals surface area contributed by atoms with E-state index in [0.717, 1.165) is 16.1 Å². The maximum Gasteiger partial charge on any atom is 0.247 e. The van der Waals surface area contributed by atoms with Crippen molar-refractivity contribution < 1.29 is 17.9 Å². The molecule has 0 heterocycles. The smallest absolute Gasteiger partial charge is 0.247 e. The second-order valence-electron chi connectivity index (χ2n) is 7.10. The van der Waals surface area contributed by atoms with E-state index in [9.17, 15) is 13.2 Å². The predicted molar refractivity (Wildman–Crippen MR) is 125 cm³/mol. The van der Waals surface area contributed by atoms with Crippen LogP contribution in [-0.2, 0) is 14.8 Å². The van der Waals surface area contributed by atoms with Gasteiger partial charge < -0.3 is 10.1 Å². The fourth-order valence-electron chi connectivity index (χ4n) is 3.01. The van der Waals surface area contributed by atoms with Crippen molar-refractivity contribution in [1.29, 1.82) is 0 Å². The number of nitrogens with zero attached hydrogens (tertiary/aromatic N) is 1. The molecule has 1 atom stereocenters. The number of amides is 1. The molecule has 3 rings (SSSR count). The summed E-state index contributed by atoms with van der Waals surface area (Å²) in [5.41, 5.74) is 1.73. The van der Waals surface area contributed by atoms with Crippen LogP contribution in [0.15, 0.2) is 72.8 Å². The van der Waals surface area contributed by atoms with Gasteiger partial charge in [0.1, 0.15) is 17.5 Å². The minimum Gasteiger partial charge on any atom is -0.457 e. The maximum absolute atomic E-state index is 12.8. The van der Waals surface area contributed by atoms with Crippen LogP contribution in [0.1, 0.15) is 12.5 Å². The van der Waals surface area contributed by atoms with Crippen molar-refractivity contribution in [3.8, 4) is 11.5 Å². The molecule has 6 nitrogen and oxygen atoms in total. The molecule has 0 saturated carbocycles. The first kappa shape index (κ1) is 22.7. The number of rotatable bonds is 7. The SMILES string of the molecule is Cc1ccc(NC(=O)C(C)N(c2ccc(Oc3ccccc3)cc2)S(C)(=O)=O)cc1Cl. The Hall–Kier alpha value is -3.03. The zero-order valence-electron chi connectivity index (χ0n) is 17.4. The number of sulfonamides is 1. The molecule has 0 radical (unpaired) electrons. The molecule has 0 spiro atoms. The van der Waals surface area contributed by atoms with Crippen LogP contribution < -0.4 is 14.4 Å². The van der Waals surface area contributed by atoms with Crippen LogP contribution in [0, 0.1) is 6.92 Å². The van der Waals surface area contributed by atoms with Crippen molar-refractivity contribution in [3.63, 3.8) is 0 Å². The molecule has 8 heteroatoms. The Morgan fingerprint density at radius 2 is 1.61 bits per heavy atom. The van der Waals surface area contributed by atoms with Crippen molar-refractivity contribution >= 4 is 38.9 Å². The van der Waals surface area contributed by atoms with Gasteiger partial charge >= 0.3 is 0 Å². The van der Waals surface area contributed by atoms with E-state index in [1.165, 1.54) is 6.92 Å². The summed E-state index contributed by atoms with van der Waals surface area (Å²) >= 11 is 6.11. The van der Waals surface area contributed by atoms with Gasteiger partial charge in [-0.15, -0.1) is 0 Å². The van der Waals surface area contributed by atoms with E-state index in [4.69, 9.17) is 16.3 Å². The van der Waals surface area contributed by atoms with Crippen LogP contribution >= 0.6 is 11.6 Å². The Kier molecular flexibility index (Phi) is 6.87. The summed E-state index contributed by atoms with van der Waals surface area (Å²) in [5, 5.41) is 3.24. The second kappa shape index (κ2) is 9.41. The average Bonchev–Trinajstić information content (AvgIpc) is 2.72. The molecule has 0 aromatic heterocycles. The van der Waals surface area contributed by atoms with Crippen molar-refractivity contribution in [2.75, 3.05) is 15.9 Å². The van der Waals surface area contributed by atoms with Crippen LogP contribution in [-0.4, -0.2) is 26.6 Å². The number of aryl methyl sites for hydroxylation is 1. The highest BCUT2D eigenvalue weighted by molar-refractivity contribution is 7.92. The molecule has 1 unspecified atom stereocenters. The lowest BCUT2D eigenvalue weighted by Crippen LogP contribution is -2.45. The normalized spacial score (nSPS) is 12.1. The summed E-state index contributed by atoms with van der Waals surface area (Å²) in [6, 6.07) is 19.9. The molecule has 0 aliphatic heterocycles. The lowest BCUT2D eigenvalue weighted by molar-refractivity contribution is -0.116. The van der Waals surface area contributed by atoms with E-state index in [0.29, 0.717) is 27.9 Å². The van der Waals surface area contributed by atoms with Crippen LogP contribution in [0.4, 0.5) is 11.4 Å². The minimum absolute atomic E-state index is 0.354. The summed E-state index contributed by atoms with van der Waals surface area (Å²) in [7, 11) is -3.74. The van der Waals surface area contributed by atoms with E-state index in [-0.39, 0.29) is 0 Å². The number of halogens is 1. The van der Waals surface area contributed by atoms with Gasteiger partial charge in [-0.2, -0.15) is 0 Å². The summed E-state index contributed by atoms with van der Waals surface area (Å²) in [6.45, 7) is 3.38. The van der Waals surface area contributed by atoms with Gasteiger partial charge in [0.2, 0.25) is 15.9 Å². The third-order valence-corrected chi connectivity index (χ3v) is 6.25. The fourth-order valence-corrected chi connectivity index (χ4v) is 4.37. The molecule has 3 aromatic carbocycles. The van der Waals surface area contributed by atoms with Gasteiger partial charge in [0, 0.05) is 10.7 Å². The van der Waals surface area contributed by atoms with Crippen LogP contribution in [0.3, 0.4) is 0 Å². The van der Waals surface area contributed by atoms with Gasteiger partial charge in [-0.25, -0.2) is 8.42 Å². The highest BCUT2D eigenvalue weighted by Crippen LogP contribution is 2.27. The van der Waals surface area contributed by atoms with Crippen molar-refractivity contribution in [2.24, 2.45) is 0 Å². The molecule has 162 valence electrons. The average molecular weight is 459 g/mol. The Morgan fingerprint density at radius 1 is 1.00 bits per heavy atom.